The summed E-state index contributed by atoms with van der Waals surface area (Å²) < 4.78 is 0. The van der Waals surface area contributed by atoms with Crippen LogP contribution in [-0.2, 0) is 5.41 Å². The van der Waals surface area contributed by atoms with Crippen molar-refractivity contribution in [2.24, 2.45) is 0 Å². The number of nitrogens with zero attached hydrogens (tertiary/aromatic N) is 1. The van der Waals surface area contributed by atoms with Crippen LogP contribution in [0.1, 0.15) is 32.0 Å². The van der Waals surface area contributed by atoms with Gasteiger partial charge < -0.3 is 4.98 Å². The second kappa shape index (κ2) is 3.58. The lowest BCUT2D eigenvalue weighted by molar-refractivity contribution is -0.385. The Kier molecular flexibility index (Phi) is 2.45. The van der Waals surface area contributed by atoms with Crippen LogP contribution >= 0.6 is 0 Å². The normalized spacial score (nSPS) is 12.0. The smallest absolute Gasteiger partial charge is 0.275 e. The highest BCUT2D eigenvalue weighted by Crippen LogP contribution is 2.34. The summed E-state index contributed by atoms with van der Waals surface area (Å²) in [5, 5.41) is 12.1. The number of nitro benzene ring substituents is 1. The molecule has 1 aromatic heterocycles. The molecule has 0 bridgehead atoms. The zero-order chi connectivity index (χ0) is 12.8. The van der Waals surface area contributed by atoms with Gasteiger partial charge in [0.05, 0.1) is 10.4 Å². The molecule has 4 nitrogen and oxygen atoms in total. The van der Waals surface area contributed by atoms with E-state index in [1.165, 1.54) is 0 Å². The first-order valence-electron chi connectivity index (χ1n) is 5.57. The number of fused-ring (bicyclic) bond motifs is 1. The maximum Gasteiger partial charge on any atom is 0.275 e. The van der Waals surface area contributed by atoms with Crippen molar-refractivity contribution in [3.63, 3.8) is 0 Å². The van der Waals surface area contributed by atoms with Crippen molar-refractivity contribution in [2.75, 3.05) is 0 Å². The number of H-pyrrole nitrogens is 1. The van der Waals surface area contributed by atoms with Gasteiger partial charge in [-0.25, -0.2) is 0 Å². The second-order valence-corrected chi connectivity index (χ2v) is 5.42. The number of rotatable bonds is 1. The number of hydrogen-bond acceptors (Lipinski definition) is 2. The lowest BCUT2D eigenvalue weighted by atomic mass is 9.85. The van der Waals surface area contributed by atoms with Crippen LogP contribution in [0.25, 0.3) is 10.9 Å². The molecule has 1 N–H and O–H groups in total. The first-order chi connectivity index (χ1) is 7.79. The van der Waals surface area contributed by atoms with E-state index < -0.39 is 0 Å². The molecule has 0 radical (unpaired) electrons. The number of nitrogens with one attached hydrogen (secondary N) is 1. The molecule has 1 aromatic carbocycles. The van der Waals surface area contributed by atoms with Crippen LogP contribution < -0.4 is 0 Å². The van der Waals surface area contributed by atoms with Gasteiger partial charge in [0, 0.05) is 22.7 Å². The molecule has 0 atom stereocenters. The molecule has 2 rings (SSSR count). The molecule has 0 aliphatic heterocycles. The van der Waals surface area contributed by atoms with Crippen molar-refractivity contribution in [3.8, 4) is 0 Å². The fourth-order valence-corrected chi connectivity index (χ4v) is 2.07. The zero-order valence-corrected chi connectivity index (χ0v) is 10.5. The SMILES string of the molecule is Cc1cc2cc(C(C)(C)C)c([N+](=O)[O-])cc2[nH]1. The topological polar surface area (TPSA) is 58.9 Å². The number of aromatic nitrogens is 1. The van der Waals surface area contributed by atoms with Crippen molar-refractivity contribution in [2.45, 2.75) is 33.1 Å². The highest BCUT2D eigenvalue weighted by molar-refractivity contribution is 5.84. The second-order valence-electron chi connectivity index (χ2n) is 5.42. The van der Waals surface area contributed by atoms with Crippen molar-refractivity contribution < 1.29 is 4.92 Å². The molecule has 0 unspecified atom stereocenters. The van der Waals surface area contributed by atoms with E-state index in [1.807, 2.05) is 39.8 Å². The van der Waals surface area contributed by atoms with Crippen molar-refractivity contribution in [3.05, 3.63) is 39.6 Å². The summed E-state index contributed by atoms with van der Waals surface area (Å²) in [7, 11) is 0. The first-order valence-corrected chi connectivity index (χ1v) is 5.57. The molecule has 0 spiro atoms. The van der Waals surface area contributed by atoms with E-state index in [2.05, 4.69) is 4.98 Å². The van der Waals surface area contributed by atoms with Crippen LogP contribution in [0, 0.1) is 17.0 Å². The molecule has 0 aliphatic carbocycles. The van der Waals surface area contributed by atoms with E-state index in [-0.39, 0.29) is 16.0 Å². The zero-order valence-electron chi connectivity index (χ0n) is 10.5. The maximum atomic E-state index is 11.1. The van der Waals surface area contributed by atoms with Crippen molar-refractivity contribution >= 4 is 16.6 Å². The fraction of sp³-hybridized carbons (Fsp3) is 0.385. The lowest BCUT2D eigenvalue weighted by Gasteiger charge is -2.18. The quantitative estimate of drug-likeness (QED) is 0.602. The Balaban J connectivity index is 2.79. The molecule has 1 heterocycles. The van der Waals surface area contributed by atoms with Gasteiger partial charge in [-0.3, -0.25) is 10.1 Å². The number of aryl methyl sites for hydroxylation is 1. The molecule has 0 fully saturated rings. The predicted octanol–water partition coefficient (Wildman–Crippen LogP) is 3.68. The van der Waals surface area contributed by atoms with E-state index >= 15 is 0 Å². The highest BCUT2D eigenvalue weighted by Gasteiger charge is 2.25. The van der Waals surface area contributed by atoms with Crippen molar-refractivity contribution in [1.29, 1.82) is 0 Å². The number of hydrogen-bond donors (Lipinski definition) is 1. The lowest BCUT2D eigenvalue weighted by Crippen LogP contribution is -2.13. The number of aromatic amines is 1. The average molecular weight is 232 g/mol. The molecule has 0 saturated carbocycles. The largest absolute Gasteiger partial charge is 0.358 e. The van der Waals surface area contributed by atoms with Crippen LogP contribution in [0.4, 0.5) is 5.69 Å². The third-order valence-corrected chi connectivity index (χ3v) is 2.88. The monoisotopic (exact) mass is 232 g/mol. The molecular formula is C13H16N2O2. The molecule has 4 heteroatoms. The van der Waals surface area contributed by atoms with Crippen LogP contribution in [0.3, 0.4) is 0 Å². The minimum atomic E-state index is -0.309. The number of benzene rings is 1. The third-order valence-electron chi connectivity index (χ3n) is 2.88. The summed E-state index contributed by atoms with van der Waals surface area (Å²) in [5.41, 5.74) is 2.56. The minimum absolute atomic E-state index is 0.187. The van der Waals surface area contributed by atoms with Crippen LogP contribution in [-0.4, -0.2) is 9.91 Å². The Labute approximate surface area is 99.8 Å². The van der Waals surface area contributed by atoms with Gasteiger partial charge in [0.2, 0.25) is 0 Å². The fourth-order valence-electron chi connectivity index (χ4n) is 2.07. The Hall–Kier alpha value is -1.84. The summed E-state index contributed by atoms with van der Waals surface area (Å²) in [5.74, 6) is 0. The Morgan fingerprint density at radius 2 is 1.88 bits per heavy atom. The molecule has 0 aliphatic rings. The van der Waals surface area contributed by atoms with Gasteiger partial charge in [0.25, 0.3) is 5.69 Å². The molecule has 0 amide bonds. The van der Waals surface area contributed by atoms with E-state index in [0.29, 0.717) is 0 Å². The predicted molar refractivity (Wildman–Crippen MR) is 68.4 cm³/mol. The van der Waals surface area contributed by atoms with Gasteiger partial charge in [-0.05, 0) is 24.5 Å². The van der Waals surface area contributed by atoms with Gasteiger partial charge in [-0.15, -0.1) is 0 Å². The first kappa shape index (κ1) is 11.6. The summed E-state index contributed by atoms with van der Waals surface area (Å²) in [6.45, 7) is 7.91. The van der Waals surface area contributed by atoms with E-state index in [1.54, 1.807) is 6.07 Å². The standard InChI is InChI=1S/C13H16N2O2/c1-8-5-9-6-10(13(2,3)4)12(15(16)17)7-11(9)14-8/h5-7,14H,1-4H3. The van der Waals surface area contributed by atoms with Crippen LogP contribution in [0.5, 0.6) is 0 Å². The van der Waals surface area contributed by atoms with Gasteiger partial charge in [-0.1, -0.05) is 20.8 Å². The molecule has 17 heavy (non-hydrogen) atoms. The highest BCUT2D eigenvalue weighted by atomic mass is 16.6. The summed E-state index contributed by atoms with van der Waals surface area (Å²) >= 11 is 0. The summed E-state index contributed by atoms with van der Waals surface area (Å²) in [4.78, 5) is 13.9. The minimum Gasteiger partial charge on any atom is -0.358 e. The molecular weight excluding hydrogens is 216 g/mol. The summed E-state index contributed by atoms with van der Waals surface area (Å²) in [6, 6.07) is 5.55. The Morgan fingerprint density at radius 3 is 2.41 bits per heavy atom. The van der Waals surface area contributed by atoms with E-state index in [4.69, 9.17) is 0 Å². The molecule has 90 valence electrons. The summed E-state index contributed by atoms with van der Waals surface area (Å²) in [6.07, 6.45) is 0. The van der Waals surface area contributed by atoms with Gasteiger partial charge >= 0.3 is 0 Å². The Morgan fingerprint density at radius 1 is 1.24 bits per heavy atom. The maximum absolute atomic E-state index is 11.1. The van der Waals surface area contributed by atoms with Crippen molar-refractivity contribution in [1.82, 2.24) is 4.98 Å². The Bertz CT molecular complexity index is 591. The van der Waals surface area contributed by atoms with Crippen LogP contribution in [0.15, 0.2) is 18.2 Å². The van der Waals surface area contributed by atoms with E-state index in [0.717, 1.165) is 22.2 Å². The molecule has 0 saturated heterocycles. The third kappa shape index (κ3) is 2.02. The van der Waals surface area contributed by atoms with Gasteiger partial charge in [0.15, 0.2) is 0 Å². The van der Waals surface area contributed by atoms with E-state index in [9.17, 15) is 10.1 Å². The number of nitro groups is 1. The molecule has 2 aromatic rings. The van der Waals surface area contributed by atoms with Gasteiger partial charge in [0.1, 0.15) is 0 Å². The average Bonchev–Trinajstić information content (AvgIpc) is 2.53. The van der Waals surface area contributed by atoms with Gasteiger partial charge in [-0.2, -0.15) is 0 Å². The van der Waals surface area contributed by atoms with Crippen LogP contribution in [0.2, 0.25) is 0 Å².